The topological polar surface area (TPSA) is 24.1 Å². The average molecular weight is 114 g/mol. The minimum absolute atomic E-state index is 0.711. The van der Waals surface area contributed by atoms with Gasteiger partial charge in [-0.3, -0.25) is 0 Å². The highest BCUT2D eigenvalue weighted by Gasteiger charge is 1.90. The van der Waals surface area contributed by atoms with Crippen LogP contribution in [0.3, 0.4) is 0 Å². The minimum atomic E-state index is 0.711. The van der Waals surface area contributed by atoms with Crippen molar-refractivity contribution in [3.05, 3.63) is 12.3 Å². The normalized spacial score (nSPS) is 18.0. The van der Waals surface area contributed by atoms with Gasteiger partial charge in [0.1, 0.15) is 0 Å². The number of thiocarbonyl (C=S) groups is 1. The Hall–Kier alpha value is -0.570. The van der Waals surface area contributed by atoms with Crippen LogP contribution in [0.25, 0.3) is 0 Å². The zero-order chi connectivity index (χ0) is 5.11. The van der Waals surface area contributed by atoms with Crippen LogP contribution in [0.5, 0.6) is 0 Å². The third-order valence-electron chi connectivity index (χ3n) is 0.713. The predicted molar refractivity (Wildman–Crippen MR) is 32.9 cm³/mol. The quantitative estimate of drug-likeness (QED) is 0.433. The molecule has 7 heavy (non-hydrogen) atoms. The first-order chi connectivity index (χ1) is 3.39. The lowest BCUT2D eigenvalue weighted by Crippen LogP contribution is -2.35. The molecule has 0 saturated carbocycles. The Bertz CT molecular complexity index is 108. The van der Waals surface area contributed by atoms with Crippen molar-refractivity contribution in [1.29, 1.82) is 0 Å². The van der Waals surface area contributed by atoms with Crippen LogP contribution < -0.4 is 10.6 Å². The fourth-order valence-electron chi connectivity index (χ4n) is 0.396. The maximum absolute atomic E-state index is 4.73. The fourth-order valence-corrected chi connectivity index (χ4v) is 0.548. The molecule has 0 atom stereocenters. The summed E-state index contributed by atoms with van der Waals surface area (Å²) in [5.41, 5.74) is 0. The van der Waals surface area contributed by atoms with E-state index < -0.39 is 0 Å². The molecule has 1 rings (SSSR count). The Morgan fingerprint density at radius 3 is 2.86 bits per heavy atom. The first-order valence-corrected chi connectivity index (χ1v) is 2.50. The third kappa shape index (κ3) is 1.16. The molecule has 0 saturated heterocycles. The zero-order valence-corrected chi connectivity index (χ0v) is 4.59. The summed E-state index contributed by atoms with van der Waals surface area (Å²) < 4.78 is 0. The molecular weight excluding hydrogens is 108 g/mol. The van der Waals surface area contributed by atoms with E-state index in [0.29, 0.717) is 5.11 Å². The van der Waals surface area contributed by atoms with E-state index in [1.165, 1.54) is 0 Å². The van der Waals surface area contributed by atoms with E-state index >= 15 is 0 Å². The van der Waals surface area contributed by atoms with E-state index in [4.69, 9.17) is 12.2 Å². The summed E-state index contributed by atoms with van der Waals surface area (Å²) in [6.07, 6.45) is 3.80. The Morgan fingerprint density at radius 2 is 2.57 bits per heavy atom. The summed E-state index contributed by atoms with van der Waals surface area (Å²) in [5, 5.41) is 6.45. The summed E-state index contributed by atoms with van der Waals surface area (Å²) in [7, 11) is 0. The molecule has 0 amide bonds. The van der Waals surface area contributed by atoms with Crippen LogP contribution in [0.15, 0.2) is 12.3 Å². The van der Waals surface area contributed by atoms with Gasteiger partial charge in [-0.05, 0) is 18.3 Å². The van der Waals surface area contributed by atoms with Crippen LogP contribution in [0, 0.1) is 0 Å². The highest BCUT2D eigenvalue weighted by molar-refractivity contribution is 7.80. The maximum Gasteiger partial charge on any atom is 0.170 e. The van der Waals surface area contributed by atoms with Gasteiger partial charge in [-0.25, -0.2) is 0 Å². The molecule has 0 spiro atoms. The van der Waals surface area contributed by atoms with Gasteiger partial charge in [0.15, 0.2) is 5.11 Å². The average Bonchev–Trinajstić information content (AvgIpc) is 1.69. The molecule has 0 fully saturated rings. The molecule has 0 unspecified atom stereocenters. The molecule has 0 bridgehead atoms. The minimum Gasteiger partial charge on any atom is -0.359 e. The number of nitrogens with one attached hydrogen (secondary N) is 2. The summed E-state index contributed by atoms with van der Waals surface area (Å²) >= 11 is 4.73. The molecule has 2 N–H and O–H groups in total. The van der Waals surface area contributed by atoms with E-state index in [2.05, 4.69) is 10.6 Å². The van der Waals surface area contributed by atoms with E-state index in [-0.39, 0.29) is 0 Å². The van der Waals surface area contributed by atoms with Crippen molar-refractivity contribution in [2.75, 3.05) is 6.54 Å². The van der Waals surface area contributed by atoms with E-state index in [1.807, 2.05) is 12.3 Å². The Morgan fingerprint density at radius 1 is 1.71 bits per heavy atom. The molecule has 0 aromatic rings. The standard InChI is InChI=1S/C4H6N2S/c7-4-5-2-1-3-6-4/h1-2H,3H2,(H2,5,6,7). The Balaban J connectivity index is 2.47. The largest absolute Gasteiger partial charge is 0.359 e. The van der Waals surface area contributed by atoms with Crippen LogP contribution in [0.2, 0.25) is 0 Å². The van der Waals surface area contributed by atoms with Gasteiger partial charge < -0.3 is 10.6 Å². The van der Waals surface area contributed by atoms with Crippen molar-refractivity contribution >= 4 is 17.3 Å². The van der Waals surface area contributed by atoms with Crippen molar-refractivity contribution in [1.82, 2.24) is 10.6 Å². The van der Waals surface area contributed by atoms with Crippen molar-refractivity contribution < 1.29 is 0 Å². The van der Waals surface area contributed by atoms with Crippen molar-refractivity contribution in [2.24, 2.45) is 0 Å². The monoisotopic (exact) mass is 114 g/mol. The van der Waals surface area contributed by atoms with Crippen LogP contribution in [-0.2, 0) is 0 Å². The van der Waals surface area contributed by atoms with Crippen LogP contribution in [0.4, 0.5) is 0 Å². The van der Waals surface area contributed by atoms with Gasteiger partial charge in [0.05, 0.1) is 0 Å². The van der Waals surface area contributed by atoms with Crippen LogP contribution in [-0.4, -0.2) is 11.7 Å². The van der Waals surface area contributed by atoms with E-state index in [1.54, 1.807) is 0 Å². The Kier molecular flexibility index (Phi) is 1.26. The molecule has 38 valence electrons. The predicted octanol–water partition coefficient (Wildman–Crippen LogP) is -0.0222. The first-order valence-electron chi connectivity index (χ1n) is 2.09. The molecule has 2 nitrogen and oxygen atoms in total. The number of rotatable bonds is 0. The molecule has 1 aliphatic rings. The highest BCUT2D eigenvalue weighted by Crippen LogP contribution is 1.75. The summed E-state index contributed by atoms with van der Waals surface area (Å²) in [6.45, 7) is 0.853. The van der Waals surface area contributed by atoms with Crippen LogP contribution >= 0.6 is 12.2 Å². The van der Waals surface area contributed by atoms with Crippen molar-refractivity contribution in [3.63, 3.8) is 0 Å². The number of hydrogen-bond acceptors (Lipinski definition) is 1. The van der Waals surface area contributed by atoms with Gasteiger partial charge >= 0.3 is 0 Å². The van der Waals surface area contributed by atoms with E-state index in [9.17, 15) is 0 Å². The molecule has 1 heterocycles. The van der Waals surface area contributed by atoms with Gasteiger partial charge in [-0.1, -0.05) is 0 Å². The van der Waals surface area contributed by atoms with Crippen LogP contribution in [0.1, 0.15) is 0 Å². The summed E-state index contributed by atoms with van der Waals surface area (Å²) in [4.78, 5) is 0. The lowest BCUT2D eigenvalue weighted by atomic mass is 10.5. The van der Waals surface area contributed by atoms with Gasteiger partial charge in [0.2, 0.25) is 0 Å². The lowest BCUT2D eigenvalue weighted by molar-refractivity contribution is 0.967. The maximum atomic E-state index is 4.73. The summed E-state index contributed by atoms with van der Waals surface area (Å²) in [5.74, 6) is 0. The van der Waals surface area contributed by atoms with Gasteiger partial charge in [-0.15, -0.1) is 0 Å². The molecule has 0 aliphatic carbocycles. The summed E-state index contributed by atoms with van der Waals surface area (Å²) in [6, 6.07) is 0. The molecule has 0 aromatic heterocycles. The van der Waals surface area contributed by atoms with Crippen molar-refractivity contribution in [2.45, 2.75) is 0 Å². The van der Waals surface area contributed by atoms with Gasteiger partial charge in [0.25, 0.3) is 0 Å². The third-order valence-corrected chi connectivity index (χ3v) is 0.975. The smallest absolute Gasteiger partial charge is 0.170 e. The molecule has 1 aliphatic heterocycles. The second kappa shape index (κ2) is 1.93. The second-order valence-electron chi connectivity index (χ2n) is 1.26. The second-order valence-corrected chi connectivity index (χ2v) is 1.66. The molecule has 0 aromatic carbocycles. The zero-order valence-electron chi connectivity index (χ0n) is 3.77. The molecule has 3 heteroatoms. The number of hydrogen-bond donors (Lipinski definition) is 2. The highest BCUT2D eigenvalue weighted by atomic mass is 32.1. The lowest BCUT2D eigenvalue weighted by Gasteiger charge is -2.08. The van der Waals surface area contributed by atoms with Crippen molar-refractivity contribution in [3.8, 4) is 0 Å². The SMILES string of the molecule is S=C1NC=CCN1. The van der Waals surface area contributed by atoms with E-state index in [0.717, 1.165) is 6.54 Å². The Labute approximate surface area is 47.6 Å². The van der Waals surface area contributed by atoms with Gasteiger partial charge in [-0.2, -0.15) is 0 Å². The molecule has 0 radical (unpaired) electrons. The fraction of sp³-hybridized carbons (Fsp3) is 0.250. The first kappa shape index (κ1) is 4.59. The molecular formula is C4H6N2S. The van der Waals surface area contributed by atoms with Gasteiger partial charge in [0, 0.05) is 12.7 Å².